The number of ether oxygens (including phenoxy) is 1. The predicted octanol–water partition coefficient (Wildman–Crippen LogP) is 2.74. The van der Waals surface area contributed by atoms with Gasteiger partial charge in [0.1, 0.15) is 11.4 Å². The molecule has 0 saturated heterocycles. The molecule has 144 valence electrons. The molecule has 2 heterocycles. The van der Waals surface area contributed by atoms with Gasteiger partial charge in [0, 0.05) is 9.69 Å². The van der Waals surface area contributed by atoms with Crippen LogP contribution in [0.25, 0.3) is 5.70 Å². The number of amides is 1. The molecule has 0 bridgehead atoms. The molecule has 0 radical (unpaired) electrons. The average molecular weight is 459 g/mol. The highest BCUT2D eigenvalue weighted by molar-refractivity contribution is 9.10. The second-order valence-electron chi connectivity index (χ2n) is 6.15. The van der Waals surface area contributed by atoms with E-state index in [1.807, 2.05) is 56.3 Å². The fourth-order valence-corrected chi connectivity index (χ4v) is 4.12. The zero-order valence-electron chi connectivity index (χ0n) is 15.5. The molecule has 8 heteroatoms. The molecule has 0 saturated carbocycles. The number of carbonyl (C=O) groups is 1. The number of fused-ring (bicyclic) bond motifs is 2. The summed E-state index contributed by atoms with van der Waals surface area (Å²) in [5.74, 6) is 1.45. The van der Waals surface area contributed by atoms with Crippen LogP contribution in [0.4, 0.5) is 0 Å². The van der Waals surface area contributed by atoms with E-state index in [-0.39, 0.29) is 5.91 Å². The number of halogens is 1. The van der Waals surface area contributed by atoms with Gasteiger partial charge in [-0.2, -0.15) is 0 Å². The molecule has 2 aromatic rings. The van der Waals surface area contributed by atoms with Crippen LogP contribution in [-0.2, 0) is 4.79 Å². The first-order chi connectivity index (χ1) is 13.6. The van der Waals surface area contributed by atoms with E-state index in [0.717, 1.165) is 32.1 Å². The Morgan fingerprint density at radius 2 is 2.00 bits per heavy atom. The first-order valence-electron chi connectivity index (χ1n) is 9.03. The van der Waals surface area contributed by atoms with Gasteiger partial charge in [-0.3, -0.25) is 15.1 Å². The Bertz CT molecular complexity index is 1070. The number of rotatable bonds is 4. The van der Waals surface area contributed by atoms with Crippen LogP contribution >= 0.6 is 27.7 Å². The van der Waals surface area contributed by atoms with Crippen LogP contribution in [0.3, 0.4) is 0 Å². The second-order valence-corrected chi connectivity index (χ2v) is 8.32. The maximum atomic E-state index is 12.9. The minimum absolute atomic E-state index is 0.170. The predicted molar refractivity (Wildman–Crippen MR) is 114 cm³/mol. The summed E-state index contributed by atoms with van der Waals surface area (Å²) < 4.78 is 6.43. The van der Waals surface area contributed by atoms with Crippen molar-refractivity contribution in [1.29, 1.82) is 0 Å². The summed E-state index contributed by atoms with van der Waals surface area (Å²) in [6.45, 7) is 4.59. The minimum atomic E-state index is -0.419. The highest BCUT2D eigenvalue weighted by Crippen LogP contribution is 2.31. The average Bonchev–Trinajstić information content (AvgIpc) is 2.68. The number of amidine groups is 1. The zero-order valence-corrected chi connectivity index (χ0v) is 17.9. The summed E-state index contributed by atoms with van der Waals surface area (Å²) in [5.41, 5.74) is 1.44. The van der Waals surface area contributed by atoms with E-state index < -0.39 is 6.17 Å². The number of hydrogen-bond acceptors (Lipinski definition) is 6. The van der Waals surface area contributed by atoms with Crippen molar-refractivity contribution in [2.75, 3.05) is 12.4 Å². The Morgan fingerprint density at radius 3 is 2.71 bits per heavy atom. The molecule has 28 heavy (non-hydrogen) atoms. The first kappa shape index (κ1) is 19.0. The van der Waals surface area contributed by atoms with Gasteiger partial charge in [-0.25, -0.2) is 5.01 Å². The van der Waals surface area contributed by atoms with Crippen molar-refractivity contribution in [3.63, 3.8) is 0 Å². The molecular formula is C20H19BrN4O2S. The molecule has 1 amide bonds. The van der Waals surface area contributed by atoms with Crippen LogP contribution in [0, 0.1) is 0 Å². The van der Waals surface area contributed by atoms with Crippen molar-refractivity contribution in [1.82, 2.24) is 10.3 Å². The fraction of sp³-hybridized carbons (Fsp3) is 0.250. The molecule has 0 fully saturated rings. The number of carbonyl (C=O) groups excluding carboxylic acids is 1. The van der Waals surface area contributed by atoms with Crippen molar-refractivity contribution >= 4 is 44.5 Å². The summed E-state index contributed by atoms with van der Waals surface area (Å²) in [7, 11) is 0. The first-order valence-corrected chi connectivity index (χ1v) is 10.8. The lowest BCUT2D eigenvalue weighted by Gasteiger charge is -2.34. The smallest absolute Gasteiger partial charge is 0.276 e. The van der Waals surface area contributed by atoms with E-state index in [0.29, 0.717) is 17.5 Å². The van der Waals surface area contributed by atoms with Gasteiger partial charge in [0.05, 0.1) is 12.0 Å². The molecule has 4 rings (SSSR count). The molecule has 1 atom stereocenters. The normalized spacial score (nSPS) is 17.9. The molecule has 2 aliphatic rings. The van der Waals surface area contributed by atoms with Crippen LogP contribution in [0.15, 0.2) is 57.0 Å². The number of thioether (sulfide) groups is 1. The molecule has 0 aliphatic carbocycles. The Morgan fingerprint density at radius 1 is 1.21 bits per heavy atom. The van der Waals surface area contributed by atoms with Crippen LogP contribution in [-0.4, -0.2) is 28.4 Å². The third-order valence-electron chi connectivity index (χ3n) is 4.34. The molecule has 2 aromatic carbocycles. The molecule has 1 unspecified atom stereocenters. The maximum Gasteiger partial charge on any atom is 0.276 e. The van der Waals surface area contributed by atoms with Gasteiger partial charge in [0.15, 0.2) is 11.3 Å². The van der Waals surface area contributed by atoms with Gasteiger partial charge in [0.2, 0.25) is 0 Å². The Labute approximate surface area is 175 Å². The van der Waals surface area contributed by atoms with Crippen LogP contribution in [0.2, 0.25) is 0 Å². The zero-order chi connectivity index (χ0) is 19.7. The number of hydrogen-bond donors (Lipinski definition) is 1. The van der Waals surface area contributed by atoms with E-state index in [4.69, 9.17) is 14.8 Å². The van der Waals surface area contributed by atoms with Crippen molar-refractivity contribution in [3.8, 4) is 5.75 Å². The monoisotopic (exact) mass is 458 g/mol. The summed E-state index contributed by atoms with van der Waals surface area (Å²) in [4.78, 5) is 17.8. The summed E-state index contributed by atoms with van der Waals surface area (Å²) >= 11 is 4.98. The summed E-state index contributed by atoms with van der Waals surface area (Å²) in [6.07, 6.45) is -0.419. The Hall–Kier alpha value is -2.32. The molecule has 2 aliphatic heterocycles. The maximum absolute atomic E-state index is 12.9. The lowest BCUT2D eigenvalue weighted by atomic mass is 10.1. The van der Waals surface area contributed by atoms with E-state index in [2.05, 4.69) is 21.2 Å². The standard InChI is InChI=1S/C20H19BrN4O2S/c1-3-27-14-8-5-12(6-9-14)18-22-16-10-7-13(21)11-15(16)17-19(26)23-20(28-4-2)24-25(17)18/h5-11,18H,3-4H2,1-2H3,(H,23,24,26). The van der Waals surface area contributed by atoms with Gasteiger partial charge in [-0.05, 0) is 48.6 Å². The van der Waals surface area contributed by atoms with Crippen LogP contribution < -0.4 is 20.6 Å². The highest BCUT2D eigenvalue weighted by Gasteiger charge is 2.34. The van der Waals surface area contributed by atoms with E-state index in [9.17, 15) is 4.79 Å². The third kappa shape index (κ3) is 3.54. The van der Waals surface area contributed by atoms with Gasteiger partial charge in [0.25, 0.3) is 5.91 Å². The lowest BCUT2D eigenvalue weighted by molar-refractivity contribution is -0.116. The molecule has 6 nitrogen and oxygen atoms in total. The van der Waals surface area contributed by atoms with Gasteiger partial charge in [-0.15, -0.1) is 5.10 Å². The van der Waals surface area contributed by atoms with E-state index in [1.54, 1.807) is 5.01 Å². The SMILES string of the molecule is CCOc1ccc(C2N=c3ccc(Br)cc3=C3C(=O)NC(SCC)=NN32)cc1. The number of hydrazone groups is 1. The lowest BCUT2D eigenvalue weighted by Crippen LogP contribution is -2.50. The molecule has 0 aromatic heterocycles. The van der Waals surface area contributed by atoms with Crippen molar-refractivity contribution in [2.24, 2.45) is 10.1 Å². The number of nitrogens with zero attached hydrogens (tertiary/aromatic N) is 3. The minimum Gasteiger partial charge on any atom is -0.494 e. The molecule has 1 N–H and O–H groups in total. The van der Waals surface area contributed by atoms with Gasteiger partial charge >= 0.3 is 0 Å². The molecular weight excluding hydrogens is 440 g/mol. The second kappa shape index (κ2) is 7.97. The van der Waals surface area contributed by atoms with Crippen LogP contribution in [0.1, 0.15) is 25.6 Å². The number of nitrogens with one attached hydrogen (secondary N) is 1. The van der Waals surface area contributed by atoms with Crippen molar-refractivity contribution in [3.05, 3.63) is 63.1 Å². The quantitative estimate of drug-likeness (QED) is 0.764. The van der Waals surface area contributed by atoms with Crippen molar-refractivity contribution < 1.29 is 9.53 Å². The van der Waals surface area contributed by atoms with Crippen LogP contribution in [0.5, 0.6) is 5.75 Å². The van der Waals surface area contributed by atoms with E-state index in [1.165, 1.54) is 11.8 Å². The van der Waals surface area contributed by atoms with Gasteiger partial charge in [-0.1, -0.05) is 46.7 Å². The topological polar surface area (TPSA) is 66.3 Å². The Kier molecular flexibility index (Phi) is 5.41. The summed E-state index contributed by atoms with van der Waals surface area (Å²) in [6, 6.07) is 13.5. The van der Waals surface area contributed by atoms with E-state index >= 15 is 0 Å². The van der Waals surface area contributed by atoms with Gasteiger partial charge < -0.3 is 4.74 Å². The third-order valence-corrected chi connectivity index (χ3v) is 5.58. The summed E-state index contributed by atoms with van der Waals surface area (Å²) in [5, 5.41) is 11.4. The number of benzene rings is 2. The van der Waals surface area contributed by atoms with Crippen molar-refractivity contribution in [2.45, 2.75) is 20.0 Å². The fourth-order valence-electron chi connectivity index (χ4n) is 3.17. The highest BCUT2D eigenvalue weighted by atomic mass is 79.9. The molecule has 0 spiro atoms. The largest absolute Gasteiger partial charge is 0.494 e. The Balaban J connectivity index is 1.88.